The molecule has 1 atom stereocenters. The lowest BCUT2D eigenvalue weighted by Crippen LogP contribution is -2.35. The van der Waals surface area contributed by atoms with Crippen LogP contribution < -0.4 is 5.32 Å². The number of esters is 1. The molecule has 0 saturated carbocycles. The van der Waals surface area contributed by atoms with E-state index in [1.807, 2.05) is 0 Å². The second-order valence-electron chi connectivity index (χ2n) is 5.12. The van der Waals surface area contributed by atoms with Crippen LogP contribution in [0.5, 0.6) is 0 Å². The van der Waals surface area contributed by atoms with Crippen LogP contribution >= 0.6 is 0 Å². The molecule has 22 heavy (non-hydrogen) atoms. The van der Waals surface area contributed by atoms with Crippen LogP contribution in [0.2, 0.25) is 0 Å². The van der Waals surface area contributed by atoms with Gasteiger partial charge in [-0.3, -0.25) is 4.79 Å². The fourth-order valence-electron chi connectivity index (χ4n) is 2.36. The third-order valence-corrected chi connectivity index (χ3v) is 3.60. The highest BCUT2D eigenvalue weighted by Gasteiger charge is 2.14. The van der Waals surface area contributed by atoms with Gasteiger partial charge in [0.25, 0.3) is 0 Å². The van der Waals surface area contributed by atoms with Gasteiger partial charge in [-0.1, -0.05) is 13.8 Å². The van der Waals surface area contributed by atoms with Gasteiger partial charge in [0, 0.05) is 18.2 Å². The molecule has 1 aromatic carbocycles. The predicted molar refractivity (Wildman–Crippen MR) is 88.0 cm³/mol. The number of amides is 1. The summed E-state index contributed by atoms with van der Waals surface area (Å²) in [6.45, 7) is 10.2. The van der Waals surface area contributed by atoms with Gasteiger partial charge in [0.05, 0.1) is 12.2 Å². The minimum absolute atomic E-state index is 0.0247. The average molecular weight is 306 g/mol. The molecule has 1 N–H and O–H groups in total. The van der Waals surface area contributed by atoms with E-state index < -0.39 is 0 Å². The van der Waals surface area contributed by atoms with Gasteiger partial charge in [0.2, 0.25) is 5.91 Å². The van der Waals surface area contributed by atoms with Crippen LogP contribution in [0.15, 0.2) is 24.3 Å². The molecule has 0 aliphatic heterocycles. The van der Waals surface area contributed by atoms with Crippen LogP contribution in [0.25, 0.3) is 0 Å². The minimum Gasteiger partial charge on any atom is -0.462 e. The standard InChI is InChI=1S/C17H26N2O3/c1-5-19(6-2)13(4)12-16(20)18-15-10-8-14(9-11-15)17(21)22-7-3/h8-11,13H,5-7,12H2,1-4H3,(H,18,20). The molecule has 5 heteroatoms. The van der Waals surface area contributed by atoms with E-state index in [-0.39, 0.29) is 17.9 Å². The number of hydrogen-bond donors (Lipinski definition) is 1. The molecule has 0 aromatic heterocycles. The lowest BCUT2D eigenvalue weighted by Gasteiger charge is -2.25. The van der Waals surface area contributed by atoms with Gasteiger partial charge < -0.3 is 15.0 Å². The molecular weight excluding hydrogens is 280 g/mol. The van der Waals surface area contributed by atoms with Crippen LogP contribution in [-0.4, -0.2) is 42.5 Å². The average Bonchev–Trinajstić information content (AvgIpc) is 2.49. The van der Waals surface area contributed by atoms with Gasteiger partial charge in [0.1, 0.15) is 0 Å². The first-order chi connectivity index (χ1) is 10.5. The smallest absolute Gasteiger partial charge is 0.338 e. The number of carbonyl (C=O) groups excluding carboxylic acids is 2. The van der Waals surface area contributed by atoms with Crippen molar-refractivity contribution < 1.29 is 14.3 Å². The second kappa shape index (κ2) is 9.20. The number of benzene rings is 1. The van der Waals surface area contributed by atoms with E-state index in [1.165, 1.54) is 0 Å². The second-order valence-corrected chi connectivity index (χ2v) is 5.12. The maximum atomic E-state index is 12.1. The number of rotatable bonds is 8. The number of ether oxygens (including phenoxy) is 1. The monoisotopic (exact) mass is 306 g/mol. The SMILES string of the molecule is CCOC(=O)c1ccc(NC(=O)CC(C)N(CC)CC)cc1. The molecule has 5 nitrogen and oxygen atoms in total. The van der Waals surface area contributed by atoms with Gasteiger partial charge in [-0.15, -0.1) is 0 Å². The predicted octanol–water partition coefficient (Wildman–Crippen LogP) is 2.92. The zero-order valence-electron chi connectivity index (χ0n) is 13.9. The Bertz CT molecular complexity index is 481. The third kappa shape index (κ3) is 5.48. The Morgan fingerprint density at radius 1 is 1.14 bits per heavy atom. The molecule has 1 unspecified atom stereocenters. The minimum atomic E-state index is -0.351. The van der Waals surface area contributed by atoms with E-state index in [0.717, 1.165) is 13.1 Å². The maximum Gasteiger partial charge on any atom is 0.338 e. The molecule has 1 rings (SSSR count). The first kappa shape index (κ1) is 18.2. The Hall–Kier alpha value is -1.88. The van der Waals surface area contributed by atoms with Crippen molar-refractivity contribution in [1.82, 2.24) is 4.90 Å². The molecule has 0 saturated heterocycles. The normalized spacial score (nSPS) is 12.0. The topological polar surface area (TPSA) is 58.6 Å². The van der Waals surface area contributed by atoms with E-state index >= 15 is 0 Å². The maximum absolute atomic E-state index is 12.1. The summed E-state index contributed by atoms with van der Waals surface area (Å²) in [5.74, 6) is -0.376. The number of nitrogens with zero attached hydrogens (tertiary/aromatic N) is 1. The Kier molecular flexibility index (Phi) is 7.60. The summed E-state index contributed by atoms with van der Waals surface area (Å²) in [6.07, 6.45) is 0.446. The van der Waals surface area contributed by atoms with Crippen molar-refractivity contribution in [3.63, 3.8) is 0 Å². The summed E-state index contributed by atoms with van der Waals surface area (Å²) < 4.78 is 4.92. The van der Waals surface area contributed by atoms with Crippen molar-refractivity contribution in [3.8, 4) is 0 Å². The largest absolute Gasteiger partial charge is 0.462 e. The molecule has 1 aromatic rings. The highest BCUT2D eigenvalue weighted by atomic mass is 16.5. The Labute approximate surface area is 132 Å². The van der Waals surface area contributed by atoms with Crippen LogP contribution in [0, 0.1) is 0 Å². The zero-order valence-corrected chi connectivity index (χ0v) is 13.9. The Morgan fingerprint density at radius 2 is 1.73 bits per heavy atom. The van der Waals surface area contributed by atoms with Gasteiger partial charge in [-0.05, 0) is 51.2 Å². The summed E-state index contributed by atoms with van der Waals surface area (Å²) >= 11 is 0. The number of nitrogens with one attached hydrogen (secondary N) is 1. The van der Waals surface area contributed by atoms with Gasteiger partial charge in [0.15, 0.2) is 0 Å². The molecular formula is C17H26N2O3. The van der Waals surface area contributed by atoms with Crippen molar-refractivity contribution in [1.29, 1.82) is 0 Å². The van der Waals surface area contributed by atoms with Gasteiger partial charge in [-0.2, -0.15) is 0 Å². The van der Waals surface area contributed by atoms with E-state index in [9.17, 15) is 9.59 Å². The first-order valence-corrected chi connectivity index (χ1v) is 7.82. The molecule has 122 valence electrons. The fraction of sp³-hybridized carbons (Fsp3) is 0.529. The highest BCUT2D eigenvalue weighted by molar-refractivity contribution is 5.93. The van der Waals surface area contributed by atoms with Crippen molar-refractivity contribution in [2.45, 2.75) is 40.2 Å². The van der Waals surface area contributed by atoms with E-state index in [4.69, 9.17) is 4.74 Å². The number of hydrogen-bond acceptors (Lipinski definition) is 4. The van der Waals surface area contributed by atoms with Crippen LogP contribution in [-0.2, 0) is 9.53 Å². The Balaban J connectivity index is 2.56. The molecule has 1 amide bonds. The van der Waals surface area contributed by atoms with Crippen LogP contribution in [0.1, 0.15) is 44.5 Å². The van der Waals surface area contributed by atoms with Crippen molar-refractivity contribution in [2.24, 2.45) is 0 Å². The summed E-state index contributed by atoms with van der Waals surface area (Å²) in [5.41, 5.74) is 1.17. The summed E-state index contributed by atoms with van der Waals surface area (Å²) in [7, 11) is 0. The van der Waals surface area contributed by atoms with Crippen molar-refractivity contribution >= 4 is 17.6 Å². The molecule has 0 aliphatic rings. The van der Waals surface area contributed by atoms with E-state index in [0.29, 0.717) is 24.3 Å². The van der Waals surface area contributed by atoms with E-state index in [1.54, 1.807) is 31.2 Å². The molecule has 0 bridgehead atoms. The van der Waals surface area contributed by atoms with Crippen molar-refractivity contribution in [3.05, 3.63) is 29.8 Å². The molecule has 0 aliphatic carbocycles. The fourth-order valence-corrected chi connectivity index (χ4v) is 2.36. The number of carbonyl (C=O) groups is 2. The van der Waals surface area contributed by atoms with E-state index in [2.05, 4.69) is 31.0 Å². The van der Waals surface area contributed by atoms with Crippen LogP contribution in [0.3, 0.4) is 0 Å². The zero-order chi connectivity index (χ0) is 16.5. The third-order valence-electron chi connectivity index (χ3n) is 3.60. The van der Waals surface area contributed by atoms with Crippen LogP contribution in [0.4, 0.5) is 5.69 Å². The lowest BCUT2D eigenvalue weighted by atomic mass is 10.1. The summed E-state index contributed by atoms with van der Waals surface area (Å²) in [4.78, 5) is 25.8. The quantitative estimate of drug-likeness (QED) is 0.750. The van der Waals surface area contributed by atoms with Gasteiger partial charge in [-0.25, -0.2) is 4.79 Å². The first-order valence-electron chi connectivity index (χ1n) is 7.82. The summed E-state index contributed by atoms with van der Waals surface area (Å²) in [5, 5.41) is 2.86. The number of anilines is 1. The van der Waals surface area contributed by atoms with Crippen molar-refractivity contribution in [2.75, 3.05) is 25.0 Å². The molecule has 0 spiro atoms. The Morgan fingerprint density at radius 3 is 2.23 bits per heavy atom. The molecule has 0 fully saturated rings. The lowest BCUT2D eigenvalue weighted by molar-refractivity contribution is -0.117. The van der Waals surface area contributed by atoms with Gasteiger partial charge >= 0.3 is 5.97 Å². The highest BCUT2D eigenvalue weighted by Crippen LogP contribution is 2.12. The molecule has 0 radical (unpaired) electrons. The molecule has 0 heterocycles. The summed E-state index contributed by atoms with van der Waals surface area (Å²) in [6, 6.07) is 6.94.